The van der Waals surface area contributed by atoms with Gasteiger partial charge in [-0.1, -0.05) is 11.6 Å². The van der Waals surface area contributed by atoms with Gasteiger partial charge in [0.25, 0.3) is 0 Å². The first-order valence-corrected chi connectivity index (χ1v) is 5.56. The summed E-state index contributed by atoms with van der Waals surface area (Å²) in [7, 11) is 1.63. The lowest BCUT2D eigenvalue weighted by atomic mass is 9.95. The molecule has 1 rings (SSSR count). The van der Waals surface area contributed by atoms with E-state index < -0.39 is 0 Å². The summed E-state index contributed by atoms with van der Waals surface area (Å²) in [5, 5.41) is 0.678. The van der Waals surface area contributed by atoms with Crippen LogP contribution in [0.25, 0.3) is 0 Å². The first-order chi connectivity index (χ1) is 7.54. The molecule has 0 saturated carbocycles. The monoisotopic (exact) mass is 243 g/mol. The molecule has 0 amide bonds. The second-order valence-electron chi connectivity index (χ2n) is 3.82. The zero-order valence-corrected chi connectivity index (χ0v) is 10.9. The molecule has 0 spiro atoms. The van der Waals surface area contributed by atoms with Crippen molar-refractivity contribution in [3.63, 3.8) is 0 Å². The summed E-state index contributed by atoms with van der Waals surface area (Å²) in [6.07, 6.45) is 0.763. The molecule has 0 saturated heterocycles. The van der Waals surface area contributed by atoms with Crippen LogP contribution in [-0.4, -0.2) is 13.7 Å². The van der Waals surface area contributed by atoms with Gasteiger partial charge in [-0.2, -0.15) is 0 Å². The summed E-state index contributed by atoms with van der Waals surface area (Å²) in [5.74, 6) is 5.81. The van der Waals surface area contributed by atoms with Gasteiger partial charge in [0.1, 0.15) is 5.75 Å². The van der Waals surface area contributed by atoms with Crippen molar-refractivity contribution in [2.24, 2.45) is 5.90 Å². The van der Waals surface area contributed by atoms with Crippen LogP contribution in [0.15, 0.2) is 0 Å². The van der Waals surface area contributed by atoms with E-state index in [9.17, 15) is 0 Å². The fourth-order valence-electron chi connectivity index (χ4n) is 1.92. The maximum Gasteiger partial charge on any atom is 0.140 e. The molecule has 0 aliphatic heterocycles. The molecule has 0 aromatic heterocycles. The third-order valence-electron chi connectivity index (χ3n) is 3.01. The maximum atomic E-state index is 6.26. The second-order valence-corrected chi connectivity index (χ2v) is 4.20. The Bertz CT molecular complexity index is 362. The Morgan fingerprint density at radius 2 is 1.75 bits per heavy atom. The largest absolute Gasteiger partial charge is 0.495 e. The van der Waals surface area contributed by atoms with E-state index in [2.05, 4.69) is 11.8 Å². The molecular weight excluding hydrogens is 226 g/mol. The van der Waals surface area contributed by atoms with E-state index in [1.54, 1.807) is 7.11 Å². The van der Waals surface area contributed by atoms with Crippen LogP contribution in [0.4, 0.5) is 0 Å². The predicted molar refractivity (Wildman–Crippen MR) is 66.1 cm³/mol. The SMILES string of the molecule is COc1c(C)c(C)c(CCON)c(C)c1Cl. The number of halogens is 1. The average molecular weight is 244 g/mol. The van der Waals surface area contributed by atoms with Gasteiger partial charge in [-0.15, -0.1) is 0 Å². The van der Waals surface area contributed by atoms with Crippen molar-refractivity contribution in [3.8, 4) is 5.75 Å². The lowest BCUT2D eigenvalue weighted by molar-refractivity contribution is 0.141. The molecule has 2 N–H and O–H groups in total. The molecule has 0 aliphatic carbocycles. The van der Waals surface area contributed by atoms with Gasteiger partial charge in [0.2, 0.25) is 0 Å². The van der Waals surface area contributed by atoms with Crippen molar-refractivity contribution >= 4 is 11.6 Å². The van der Waals surface area contributed by atoms with Crippen LogP contribution in [0.1, 0.15) is 22.3 Å². The summed E-state index contributed by atoms with van der Waals surface area (Å²) < 4.78 is 5.31. The minimum absolute atomic E-state index is 0.490. The van der Waals surface area contributed by atoms with E-state index in [4.69, 9.17) is 22.2 Å². The number of nitrogens with two attached hydrogens (primary N) is 1. The van der Waals surface area contributed by atoms with E-state index in [1.807, 2.05) is 13.8 Å². The van der Waals surface area contributed by atoms with Gasteiger partial charge in [0, 0.05) is 0 Å². The number of hydrogen-bond acceptors (Lipinski definition) is 3. The van der Waals surface area contributed by atoms with Crippen molar-refractivity contribution in [2.45, 2.75) is 27.2 Å². The summed E-state index contributed by atoms with van der Waals surface area (Å²) in [6, 6.07) is 0. The van der Waals surface area contributed by atoms with Crippen LogP contribution in [0.3, 0.4) is 0 Å². The highest BCUT2D eigenvalue weighted by Gasteiger charge is 2.16. The van der Waals surface area contributed by atoms with Crippen LogP contribution in [0.2, 0.25) is 5.02 Å². The summed E-state index contributed by atoms with van der Waals surface area (Å²) in [4.78, 5) is 4.62. The lowest BCUT2D eigenvalue weighted by Crippen LogP contribution is -2.08. The Morgan fingerprint density at radius 3 is 2.25 bits per heavy atom. The molecule has 90 valence electrons. The summed E-state index contributed by atoms with van der Waals surface area (Å²) in [6.45, 7) is 6.55. The lowest BCUT2D eigenvalue weighted by Gasteiger charge is -2.18. The van der Waals surface area contributed by atoms with Crippen molar-refractivity contribution in [2.75, 3.05) is 13.7 Å². The highest BCUT2D eigenvalue weighted by atomic mass is 35.5. The van der Waals surface area contributed by atoms with Gasteiger partial charge in [0.15, 0.2) is 0 Å². The minimum atomic E-state index is 0.490. The van der Waals surface area contributed by atoms with E-state index in [-0.39, 0.29) is 0 Å². The van der Waals surface area contributed by atoms with Crippen molar-refractivity contribution in [3.05, 3.63) is 27.3 Å². The molecule has 0 radical (unpaired) electrons. The third kappa shape index (κ3) is 2.32. The highest BCUT2D eigenvalue weighted by Crippen LogP contribution is 2.36. The molecule has 0 bridgehead atoms. The predicted octanol–water partition coefficient (Wildman–Crippen LogP) is 2.71. The molecule has 1 aromatic rings. The van der Waals surface area contributed by atoms with Crippen LogP contribution in [-0.2, 0) is 11.3 Å². The molecule has 0 unspecified atom stereocenters. The van der Waals surface area contributed by atoms with Gasteiger partial charge in [-0.05, 0) is 49.4 Å². The normalized spacial score (nSPS) is 10.6. The van der Waals surface area contributed by atoms with Crippen LogP contribution in [0.5, 0.6) is 5.75 Å². The fraction of sp³-hybridized carbons (Fsp3) is 0.500. The first-order valence-electron chi connectivity index (χ1n) is 5.18. The zero-order chi connectivity index (χ0) is 12.3. The topological polar surface area (TPSA) is 44.5 Å². The number of methoxy groups -OCH3 is 1. The van der Waals surface area contributed by atoms with Crippen molar-refractivity contribution in [1.82, 2.24) is 0 Å². The van der Waals surface area contributed by atoms with Crippen LogP contribution >= 0.6 is 11.6 Å². The van der Waals surface area contributed by atoms with E-state index in [0.717, 1.165) is 23.3 Å². The first kappa shape index (κ1) is 13.3. The molecule has 0 aliphatic rings. The molecule has 16 heavy (non-hydrogen) atoms. The Balaban J connectivity index is 3.29. The fourth-order valence-corrected chi connectivity index (χ4v) is 2.26. The third-order valence-corrected chi connectivity index (χ3v) is 3.47. The molecular formula is C12H18ClNO2. The number of hydrogen-bond donors (Lipinski definition) is 1. The standard InChI is InChI=1S/C12H18ClNO2/c1-7-8(2)12(15-4)11(13)9(3)10(7)5-6-16-14/h5-6,14H2,1-4H3. The minimum Gasteiger partial charge on any atom is -0.495 e. The molecule has 0 fully saturated rings. The smallest absolute Gasteiger partial charge is 0.140 e. The number of benzene rings is 1. The summed E-state index contributed by atoms with van der Waals surface area (Å²) >= 11 is 6.26. The van der Waals surface area contributed by atoms with Gasteiger partial charge in [0.05, 0.1) is 18.7 Å². The van der Waals surface area contributed by atoms with Crippen molar-refractivity contribution in [1.29, 1.82) is 0 Å². The molecule has 4 heteroatoms. The van der Waals surface area contributed by atoms with Crippen LogP contribution < -0.4 is 10.6 Å². The van der Waals surface area contributed by atoms with Crippen LogP contribution in [0, 0.1) is 20.8 Å². The quantitative estimate of drug-likeness (QED) is 0.827. The zero-order valence-electron chi connectivity index (χ0n) is 10.2. The van der Waals surface area contributed by atoms with Gasteiger partial charge >= 0.3 is 0 Å². The van der Waals surface area contributed by atoms with E-state index in [1.165, 1.54) is 11.1 Å². The number of ether oxygens (including phenoxy) is 1. The Hall–Kier alpha value is -0.770. The van der Waals surface area contributed by atoms with Gasteiger partial charge in [-0.25, -0.2) is 5.90 Å². The summed E-state index contributed by atoms with van der Waals surface area (Å²) in [5.41, 5.74) is 4.49. The molecule has 0 atom stereocenters. The Labute approximate surface area is 101 Å². The van der Waals surface area contributed by atoms with E-state index >= 15 is 0 Å². The van der Waals surface area contributed by atoms with Gasteiger partial charge in [-0.3, -0.25) is 0 Å². The highest BCUT2D eigenvalue weighted by molar-refractivity contribution is 6.33. The van der Waals surface area contributed by atoms with Crippen molar-refractivity contribution < 1.29 is 9.57 Å². The average Bonchev–Trinajstić information content (AvgIpc) is 2.27. The molecule has 3 nitrogen and oxygen atoms in total. The number of rotatable bonds is 4. The molecule has 0 heterocycles. The van der Waals surface area contributed by atoms with Gasteiger partial charge < -0.3 is 9.57 Å². The molecule has 1 aromatic carbocycles. The van der Waals surface area contributed by atoms with E-state index in [0.29, 0.717) is 11.6 Å². The Kier molecular flexibility index (Phi) is 4.59. The maximum absolute atomic E-state index is 6.26. The second kappa shape index (κ2) is 5.53. The Morgan fingerprint density at radius 1 is 1.12 bits per heavy atom.